The maximum Gasteiger partial charge on any atom is 0.194 e. The fraction of sp³-hybridized carbons (Fsp3) is 0.545. The van der Waals surface area contributed by atoms with Gasteiger partial charge in [0, 0.05) is 64.2 Å². The van der Waals surface area contributed by atoms with E-state index in [2.05, 4.69) is 68.8 Å². The highest BCUT2D eigenvalue weighted by atomic mass is 15.4. The molecule has 6 nitrogen and oxygen atoms in total. The summed E-state index contributed by atoms with van der Waals surface area (Å²) in [4.78, 5) is 14.0. The van der Waals surface area contributed by atoms with E-state index in [1.807, 2.05) is 18.7 Å². The number of nitrogens with zero attached hydrogens (tertiary/aromatic N) is 5. The first-order chi connectivity index (χ1) is 13.8. The molecule has 1 N–H and O–H groups in total. The summed E-state index contributed by atoms with van der Waals surface area (Å²) in [5, 5.41) is 3.47. The number of rotatable bonds is 8. The number of nitrogens with one attached hydrogen (secondary N) is 1. The Morgan fingerprint density at radius 1 is 1.14 bits per heavy atom. The molecule has 1 aromatic carbocycles. The monoisotopic (exact) mass is 382 g/mol. The van der Waals surface area contributed by atoms with E-state index in [9.17, 15) is 0 Å². The summed E-state index contributed by atoms with van der Waals surface area (Å²) in [7, 11) is 0. The fourth-order valence-electron chi connectivity index (χ4n) is 3.91. The molecule has 1 fully saturated rings. The van der Waals surface area contributed by atoms with E-state index in [1.54, 1.807) is 0 Å². The Hall–Kier alpha value is -2.34. The van der Waals surface area contributed by atoms with Crippen LogP contribution < -0.4 is 5.32 Å². The van der Waals surface area contributed by atoms with Crippen LogP contribution >= 0.6 is 0 Å². The van der Waals surface area contributed by atoms with E-state index in [0.29, 0.717) is 6.04 Å². The van der Waals surface area contributed by atoms with Crippen LogP contribution in [-0.4, -0.2) is 64.6 Å². The summed E-state index contributed by atoms with van der Waals surface area (Å²) < 4.78 is 2.11. The van der Waals surface area contributed by atoms with Gasteiger partial charge >= 0.3 is 0 Å². The van der Waals surface area contributed by atoms with Crippen LogP contribution in [0, 0.1) is 0 Å². The third kappa shape index (κ3) is 5.58. The van der Waals surface area contributed by atoms with Crippen LogP contribution in [-0.2, 0) is 6.54 Å². The highest BCUT2D eigenvalue weighted by Crippen LogP contribution is 2.25. The van der Waals surface area contributed by atoms with Crippen molar-refractivity contribution in [2.24, 2.45) is 4.99 Å². The van der Waals surface area contributed by atoms with E-state index in [4.69, 9.17) is 4.99 Å². The molecule has 1 aliphatic rings. The van der Waals surface area contributed by atoms with E-state index in [-0.39, 0.29) is 0 Å². The Bertz CT molecular complexity index is 689. The van der Waals surface area contributed by atoms with Crippen molar-refractivity contribution in [1.29, 1.82) is 0 Å². The van der Waals surface area contributed by atoms with Gasteiger partial charge < -0.3 is 14.8 Å². The van der Waals surface area contributed by atoms with Crippen LogP contribution in [0.1, 0.15) is 38.3 Å². The van der Waals surface area contributed by atoms with Gasteiger partial charge in [0.1, 0.15) is 0 Å². The summed E-state index contributed by atoms with van der Waals surface area (Å²) in [6.07, 6.45) is 7.87. The predicted molar refractivity (Wildman–Crippen MR) is 115 cm³/mol. The zero-order valence-corrected chi connectivity index (χ0v) is 17.3. The van der Waals surface area contributed by atoms with Gasteiger partial charge in [0.25, 0.3) is 0 Å². The smallest absolute Gasteiger partial charge is 0.194 e. The largest absolute Gasteiger partial charge is 0.357 e. The number of benzene rings is 1. The second kappa shape index (κ2) is 10.9. The van der Waals surface area contributed by atoms with Crippen molar-refractivity contribution >= 4 is 5.96 Å². The lowest BCUT2D eigenvalue weighted by molar-refractivity contribution is 0.127. The maximum atomic E-state index is 4.86. The molecule has 152 valence electrons. The summed E-state index contributed by atoms with van der Waals surface area (Å²) in [5.41, 5.74) is 1.43. The minimum atomic E-state index is 0.512. The second-order valence-electron chi connectivity index (χ2n) is 7.25. The molecule has 1 atom stereocenters. The van der Waals surface area contributed by atoms with Crippen LogP contribution in [0.2, 0.25) is 0 Å². The molecular weight excluding hydrogens is 348 g/mol. The van der Waals surface area contributed by atoms with Crippen LogP contribution in [0.3, 0.4) is 0 Å². The number of aryl methyl sites for hydroxylation is 1. The van der Waals surface area contributed by atoms with Gasteiger partial charge in [0.2, 0.25) is 0 Å². The Kier molecular flexibility index (Phi) is 7.91. The van der Waals surface area contributed by atoms with Crippen molar-refractivity contribution in [3.05, 3.63) is 54.6 Å². The molecule has 1 aliphatic heterocycles. The van der Waals surface area contributed by atoms with Crippen LogP contribution in [0.4, 0.5) is 0 Å². The summed E-state index contributed by atoms with van der Waals surface area (Å²) in [6, 6.07) is 11.4. The number of piperazine rings is 1. The van der Waals surface area contributed by atoms with Crippen LogP contribution in [0.15, 0.2) is 54.0 Å². The Morgan fingerprint density at radius 3 is 2.57 bits per heavy atom. The minimum absolute atomic E-state index is 0.512. The van der Waals surface area contributed by atoms with Crippen molar-refractivity contribution in [2.75, 3.05) is 39.3 Å². The normalized spacial score (nSPS) is 16.9. The SMILES string of the molecule is CCNC(=NCCCn1ccnc1)N1CCN(C(CC)c2ccccc2)CC1. The van der Waals surface area contributed by atoms with Gasteiger partial charge in [-0.25, -0.2) is 4.98 Å². The average Bonchev–Trinajstić information content (AvgIpc) is 3.26. The lowest BCUT2D eigenvalue weighted by Gasteiger charge is -2.40. The molecule has 6 heteroatoms. The third-order valence-corrected chi connectivity index (χ3v) is 5.36. The fourth-order valence-corrected chi connectivity index (χ4v) is 3.91. The second-order valence-corrected chi connectivity index (χ2v) is 7.25. The molecule has 1 saturated heterocycles. The van der Waals surface area contributed by atoms with Crippen molar-refractivity contribution in [2.45, 2.75) is 39.3 Å². The van der Waals surface area contributed by atoms with Crippen molar-refractivity contribution in [1.82, 2.24) is 24.7 Å². The molecule has 2 heterocycles. The van der Waals surface area contributed by atoms with Crippen molar-refractivity contribution < 1.29 is 0 Å². The molecule has 0 saturated carbocycles. The van der Waals surface area contributed by atoms with Gasteiger partial charge in [-0.3, -0.25) is 9.89 Å². The highest BCUT2D eigenvalue weighted by molar-refractivity contribution is 5.80. The van der Waals surface area contributed by atoms with E-state index < -0.39 is 0 Å². The topological polar surface area (TPSA) is 48.7 Å². The minimum Gasteiger partial charge on any atom is -0.357 e. The van der Waals surface area contributed by atoms with Gasteiger partial charge in [0.15, 0.2) is 5.96 Å². The number of aromatic nitrogens is 2. The lowest BCUT2D eigenvalue weighted by Crippen LogP contribution is -2.53. The summed E-state index contributed by atoms with van der Waals surface area (Å²) in [6.45, 7) is 11.3. The first-order valence-electron chi connectivity index (χ1n) is 10.6. The van der Waals surface area contributed by atoms with E-state index >= 15 is 0 Å². The average molecular weight is 383 g/mol. The number of imidazole rings is 1. The summed E-state index contributed by atoms with van der Waals surface area (Å²) >= 11 is 0. The zero-order chi connectivity index (χ0) is 19.6. The van der Waals surface area contributed by atoms with Crippen LogP contribution in [0.5, 0.6) is 0 Å². The predicted octanol–water partition coefficient (Wildman–Crippen LogP) is 3.01. The van der Waals surface area contributed by atoms with Gasteiger partial charge in [0.05, 0.1) is 6.33 Å². The Morgan fingerprint density at radius 2 is 1.93 bits per heavy atom. The molecule has 1 aromatic heterocycles. The number of aliphatic imine (C=N–C) groups is 1. The molecule has 2 aromatic rings. The molecule has 3 rings (SSSR count). The molecule has 1 unspecified atom stereocenters. The van der Waals surface area contributed by atoms with Gasteiger partial charge in [-0.15, -0.1) is 0 Å². The quantitative estimate of drug-likeness (QED) is 0.433. The van der Waals surface area contributed by atoms with Gasteiger partial charge in [-0.2, -0.15) is 0 Å². The molecule has 0 amide bonds. The van der Waals surface area contributed by atoms with Crippen molar-refractivity contribution in [3.8, 4) is 0 Å². The van der Waals surface area contributed by atoms with E-state index in [0.717, 1.165) is 64.6 Å². The lowest BCUT2D eigenvalue weighted by atomic mass is 10.0. The van der Waals surface area contributed by atoms with E-state index in [1.165, 1.54) is 5.56 Å². The first-order valence-corrected chi connectivity index (χ1v) is 10.6. The zero-order valence-electron chi connectivity index (χ0n) is 17.3. The maximum absolute atomic E-state index is 4.86. The number of hydrogen-bond donors (Lipinski definition) is 1. The Labute approximate surface area is 169 Å². The standard InChI is InChI=1S/C22H34N6/c1-3-21(20-9-6-5-7-10-20)27-15-17-28(18-16-27)22(24-4-2)25-11-8-13-26-14-12-23-19-26/h5-7,9-10,12,14,19,21H,3-4,8,11,13,15-18H2,1-2H3,(H,24,25). The number of hydrogen-bond acceptors (Lipinski definition) is 3. The first kappa shape index (κ1) is 20.4. The summed E-state index contributed by atoms with van der Waals surface area (Å²) in [5.74, 6) is 1.06. The molecular formula is C22H34N6. The van der Waals surface area contributed by atoms with Crippen LogP contribution in [0.25, 0.3) is 0 Å². The molecule has 0 bridgehead atoms. The molecule has 28 heavy (non-hydrogen) atoms. The van der Waals surface area contributed by atoms with Gasteiger partial charge in [-0.05, 0) is 25.3 Å². The van der Waals surface area contributed by atoms with Crippen molar-refractivity contribution in [3.63, 3.8) is 0 Å². The molecule has 0 spiro atoms. The highest BCUT2D eigenvalue weighted by Gasteiger charge is 2.25. The van der Waals surface area contributed by atoms with Gasteiger partial charge in [-0.1, -0.05) is 37.3 Å². The number of guanidine groups is 1. The Balaban J connectivity index is 1.52. The third-order valence-electron chi connectivity index (χ3n) is 5.36. The molecule has 0 radical (unpaired) electrons. The molecule has 0 aliphatic carbocycles.